The highest BCUT2D eigenvalue weighted by atomic mass is 16.5. The Morgan fingerprint density at radius 2 is 1.62 bits per heavy atom. The van der Waals surface area contributed by atoms with E-state index >= 15 is 0 Å². The zero-order valence-electron chi connectivity index (χ0n) is 14.6. The number of amides is 1. The van der Waals surface area contributed by atoms with Gasteiger partial charge >= 0.3 is 12.1 Å². The average molecular weight is 357 g/mol. The molecule has 6 nitrogen and oxygen atoms in total. The standard InChI is InChI=1S/C20H23NO5/c1-15(21-20(24)26-14-16-8-4-2-5-9-16)18(22)12-13-25-19(23)17-10-6-3-7-11-17/h2-11,15,18,22H,12-14H2,1H3,(H,21,24). The largest absolute Gasteiger partial charge is 0.462 e. The van der Waals surface area contributed by atoms with Crippen molar-refractivity contribution in [1.82, 2.24) is 5.32 Å². The van der Waals surface area contributed by atoms with Gasteiger partial charge in [-0.25, -0.2) is 9.59 Å². The topological polar surface area (TPSA) is 84.9 Å². The lowest BCUT2D eigenvalue weighted by atomic mass is 10.1. The lowest BCUT2D eigenvalue weighted by Gasteiger charge is -2.20. The van der Waals surface area contributed by atoms with Gasteiger partial charge in [0, 0.05) is 6.42 Å². The fraction of sp³-hybridized carbons (Fsp3) is 0.300. The molecule has 0 fully saturated rings. The van der Waals surface area contributed by atoms with E-state index in [-0.39, 0.29) is 19.6 Å². The number of ether oxygens (including phenoxy) is 2. The molecule has 2 rings (SSSR count). The maximum atomic E-state index is 11.8. The monoisotopic (exact) mass is 357 g/mol. The maximum absolute atomic E-state index is 11.8. The van der Waals surface area contributed by atoms with Gasteiger partial charge in [0.2, 0.25) is 0 Å². The van der Waals surface area contributed by atoms with Crippen LogP contribution in [0.3, 0.4) is 0 Å². The van der Waals surface area contributed by atoms with Gasteiger partial charge in [-0.2, -0.15) is 0 Å². The van der Waals surface area contributed by atoms with Crippen LogP contribution in [0, 0.1) is 0 Å². The van der Waals surface area contributed by atoms with Crippen LogP contribution in [0.2, 0.25) is 0 Å². The quantitative estimate of drug-likeness (QED) is 0.710. The van der Waals surface area contributed by atoms with Crippen molar-refractivity contribution in [2.45, 2.75) is 32.1 Å². The lowest BCUT2D eigenvalue weighted by molar-refractivity contribution is 0.0389. The summed E-state index contributed by atoms with van der Waals surface area (Å²) in [7, 11) is 0. The number of esters is 1. The highest BCUT2D eigenvalue weighted by molar-refractivity contribution is 5.89. The molecule has 0 heterocycles. The molecular weight excluding hydrogens is 334 g/mol. The summed E-state index contributed by atoms with van der Waals surface area (Å²) in [6, 6.07) is 17.4. The zero-order valence-corrected chi connectivity index (χ0v) is 14.6. The molecule has 0 spiro atoms. The van der Waals surface area contributed by atoms with Gasteiger partial charge in [0.15, 0.2) is 0 Å². The summed E-state index contributed by atoms with van der Waals surface area (Å²) < 4.78 is 10.2. The van der Waals surface area contributed by atoms with Crippen molar-refractivity contribution < 1.29 is 24.2 Å². The summed E-state index contributed by atoms with van der Waals surface area (Å²) in [6.07, 6.45) is -1.26. The summed E-state index contributed by atoms with van der Waals surface area (Å²) in [5.74, 6) is -0.444. The fourth-order valence-corrected chi connectivity index (χ4v) is 2.23. The molecule has 0 aliphatic heterocycles. The minimum Gasteiger partial charge on any atom is -0.462 e. The van der Waals surface area contributed by atoms with Gasteiger partial charge in [-0.1, -0.05) is 48.5 Å². The van der Waals surface area contributed by atoms with E-state index in [1.165, 1.54) is 0 Å². The second kappa shape index (κ2) is 10.2. The number of aliphatic hydroxyl groups excluding tert-OH is 1. The summed E-state index contributed by atoms with van der Waals surface area (Å²) in [5, 5.41) is 12.6. The van der Waals surface area contributed by atoms with Crippen LogP contribution >= 0.6 is 0 Å². The molecule has 2 N–H and O–H groups in total. The fourth-order valence-electron chi connectivity index (χ4n) is 2.23. The Bertz CT molecular complexity index is 690. The molecule has 6 heteroatoms. The second-order valence-electron chi connectivity index (χ2n) is 5.85. The predicted molar refractivity (Wildman–Crippen MR) is 96.6 cm³/mol. The number of benzene rings is 2. The number of rotatable bonds is 8. The first-order valence-corrected chi connectivity index (χ1v) is 8.43. The third-order valence-corrected chi connectivity index (χ3v) is 3.79. The minimum absolute atomic E-state index is 0.0555. The molecule has 138 valence electrons. The van der Waals surface area contributed by atoms with Crippen molar-refractivity contribution in [3.05, 3.63) is 71.8 Å². The Labute approximate surface area is 152 Å². The molecule has 2 unspecified atom stereocenters. The number of hydrogen-bond acceptors (Lipinski definition) is 5. The van der Waals surface area contributed by atoms with Crippen LogP contribution in [-0.2, 0) is 16.1 Å². The number of hydrogen-bond donors (Lipinski definition) is 2. The van der Waals surface area contributed by atoms with Crippen LogP contribution in [0.25, 0.3) is 0 Å². The van der Waals surface area contributed by atoms with Crippen LogP contribution in [0.1, 0.15) is 29.3 Å². The molecule has 26 heavy (non-hydrogen) atoms. The molecule has 0 radical (unpaired) electrons. The summed E-state index contributed by atoms with van der Waals surface area (Å²) >= 11 is 0. The SMILES string of the molecule is CC(NC(=O)OCc1ccccc1)C(O)CCOC(=O)c1ccccc1. The molecule has 2 aromatic carbocycles. The van der Waals surface area contributed by atoms with Crippen LogP contribution in [0.15, 0.2) is 60.7 Å². The Kier molecular flexibility index (Phi) is 7.64. The first-order chi connectivity index (χ1) is 12.6. The van der Waals surface area contributed by atoms with Crippen LogP contribution in [-0.4, -0.2) is 35.9 Å². The van der Waals surface area contributed by atoms with Crippen LogP contribution in [0.5, 0.6) is 0 Å². The van der Waals surface area contributed by atoms with Gasteiger partial charge in [0.1, 0.15) is 6.61 Å². The number of alkyl carbamates (subject to hydrolysis) is 1. The molecular formula is C20H23NO5. The average Bonchev–Trinajstić information content (AvgIpc) is 2.67. The van der Waals surface area contributed by atoms with Gasteiger partial charge in [-0.3, -0.25) is 0 Å². The maximum Gasteiger partial charge on any atom is 0.407 e. The van der Waals surface area contributed by atoms with E-state index in [4.69, 9.17) is 9.47 Å². The predicted octanol–water partition coefficient (Wildman–Crippen LogP) is 2.91. The van der Waals surface area contributed by atoms with Gasteiger partial charge < -0.3 is 19.9 Å². The molecule has 2 aromatic rings. The van der Waals surface area contributed by atoms with Gasteiger partial charge in [-0.15, -0.1) is 0 Å². The normalized spacial score (nSPS) is 12.7. The molecule has 0 aromatic heterocycles. The Balaban J connectivity index is 1.66. The molecule has 0 saturated heterocycles. The summed E-state index contributed by atoms with van der Waals surface area (Å²) in [5.41, 5.74) is 1.33. The van der Waals surface area contributed by atoms with Crippen molar-refractivity contribution in [3.8, 4) is 0 Å². The van der Waals surface area contributed by atoms with Crippen molar-refractivity contribution >= 4 is 12.1 Å². The molecule has 1 amide bonds. The molecule has 2 atom stereocenters. The first-order valence-electron chi connectivity index (χ1n) is 8.43. The van der Waals surface area contributed by atoms with E-state index in [9.17, 15) is 14.7 Å². The second-order valence-corrected chi connectivity index (χ2v) is 5.85. The minimum atomic E-state index is -0.858. The van der Waals surface area contributed by atoms with E-state index in [0.29, 0.717) is 5.56 Å². The highest BCUT2D eigenvalue weighted by Gasteiger charge is 2.18. The van der Waals surface area contributed by atoms with Crippen molar-refractivity contribution in [2.24, 2.45) is 0 Å². The number of carbonyl (C=O) groups excluding carboxylic acids is 2. The lowest BCUT2D eigenvalue weighted by Crippen LogP contribution is -2.41. The molecule has 0 aliphatic rings. The van der Waals surface area contributed by atoms with Gasteiger partial charge in [0.25, 0.3) is 0 Å². The Morgan fingerprint density at radius 1 is 1.00 bits per heavy atom. The number of nitrogens with one attached hydrogen (secondary N) is 1. The first kappa shape index (κ1) is 19.5. The summed E-state index contributed by atoms with van der Waals surface area (Å²) in [4.78, 5) is 23.6. The Morgan fingerprint density at radius 3 is 2.27 bits per heavy atom. The van der Waals surface area contributed by atoms with E-state index in [2.05, 4.69) is 5.32 Å². The van der Waals surface area contributed by atoms with Gasteiger partial charge in [0.05, 0.1) is 24.3 Å². The van der Waals surface area contributed by atoms with E-state index in [0.717, 1.165) is 5.56 Å². The van der Waals surface area contributed by atoms with Crippen LogP contribution in [0.4, 0.5) is 4.79 Å². The Hall–Kier alpha value is -2.86. The zero-order chi connectivity index (χ0) is 18.8. The van der Waals surface area contributed by atoms with Crippen molar-refractivity contribution in [2.75, 3.05) is 6.61 Å². The van der Waals surface area contributed by atoms with E-state index in [1.54, 1.807) is 31.2 Å². The highest BCUT2D eigenvalue weighted by Crippen LogP contribution is 2.05. The molecule has 0 bridgehead atoms. The van der Waals surface area contributed by atoms with Crippen molar-refractivity contribution in [1.29, 1.82) is 0 Å². The smallest absolute Gasteiger partial charge is 0.407 e. The van der Waals surface area contributed by atoms with Crippen LogP contribution < -0.4 is 5.32 Å². The summed E-state index contributed by atoms with van der Waals surface area (Å²) in [6.45, 7) is 1.87. The molecule has 0 saturated carbocycles. The third-order valence-electron chi connectivity index (χ3n) is 3.79. The van der Waals surface area contributed by atoms with Crippen molar-refractivity contribution in [3.63, 3.8) is 0 Å². The van der Waals surface area contributed by atoms with E-state index < -0.39 is 24.2 Å². The van der Waals surface area contributed by atoms with E-state index in [1.807, 2.05) is 36.4 Å². The molecule has 0 aliphatic carbocycles. The number of aliphatic hydroxyl groups is 1. The third kappa shape index (κ3) is 6.57. The number of carbonyl (C=O) groups is 2. The van der Waals surface area contributed by atoms with Gasteiger partial charge in [-0.05, 0) is 24.6 Å².